The molecule has 0 radical (unpaired) electrons. The number of hydrogen-bond acceptors (Lipinski definition) is 8. The molecule has 5 heterocycles. The van der Waals surface area contributed by atoms with Crippen molar-refractivity contribution in [1.82, 2.24) is 25.1 Å². The minimum Gasteiger partial charge on any atom is -0.481 e. The number of anilines is 1. The smallest absolute Gasteiger partial charge is 0.421 e. The van der Waals surface area contributed by atoms with Crippen molar-refractivity contribution in [2.75, 3.05) is 58.5 Å². The first kappa shape index (κ1) is 24.5. The van der Waals surface area contributed by atoms with Crippen LogP contribution in [0.4, 0.5) is 23.7 Å². The van der Waals surface area contributed by atoms with Crippen LogP contribution in [0.1, 0.15) is 23.8 Å². The molecular weight excluding hydrogens is 481 g/mol. The number of ether oxygens (including phenoxy) is 3. The minimum absolute atomic E-state index is 0.0330. The zero-order chi connectivity index (χ0) is 25.3. The van der Waals surface area contributed by atoms with Gasteiger partial charge < -0.3 is 29.3 Å². The molecule has 2 aromatic heterocycles. The molecular formula is C23H27F3N6O4. The highest BCUT2D eigenvalue weighted by atomic mass is 19.4. The number of nitrogens with one attached hydrogen (secondary N) is 2. The maximum Gasteiger partial charge on any atom is 0.421 e. The highest BCUT2D eigenvalue weighted by Gasteiger charge is 2.37. The predicted octanol–water partition coefficient (Wildman–Crippen LogP) is 2.69. The number of fused-ring (bicyclic) bond motifs is 1. The SMILES string of the molecule is COc1ncc(-c2nccc3c2C(OC2CCN(C(=O)N4CCOCC4)C2)NCN3)cc1C(F)(F)F. The fourth-order valence-electron chi connectivity index (χ4n) is 4.69. The molecule has 0 bridgehead atoms. The molecule has 2 amide bonds. The van der Waals surface area contributed by atoms with Gasteiger partial charge in [-0.15, -0.1) is 0 Å². The van der Waals surface area contributed by atoms with Gasteiger partial charge in [-0.05, 0) is 18.6 Å². The number of rotatable bonds is 4. The van der Waals surface area contributed by atoms with Crippen LogP contribution in [-0.2, 0) is 15.7 Å². The Morgan fingerprint density at radius 3 is 2.75 bits per heavy atom. The molecule has 10 nitrogen and oxygen atoms in total. The molecule has 36 heavy (non-hydrogen) atoms. The number of hydrogen-bond donors (Lipinski definition) is 2. The molecule has 3 aliphatic rings. The van der Waals surface area contributed by atoms with Crippen LogP contribution in [0, 0.1) is 0 Å². The summed E-state index contributed by atoms with van der Waals surface area (Å²) in [7, 11) is 1.15. The Balaban J connectivity index is 1.38. The third-order valence-corrected chi connectivity index (χ3v) is 6.47. The molecule has 0 spiro atoms. The number of morpholine rings is 1. The highest BCUT2D eigenvalue weighted by molar-refractivity contribution is 5.75. The van der Waals surface area contributed by atoms with Crippen molar-refractivity contribution in [3.8, 4) is 17.1 Å². The number of methoxy groups -OCH3 is 1. The lowest BCUT2D eigenvalue weighted by molar-refractivity contribution is -0.139. The van der Waals surface area contributed by atoms with Crippen LogP contribution >= 0.6 is 0 Å². The Morgan fingerprint density at radius 2 is 2.00 bits per heavy atom. The lowest BCUT2D eigenvalue weighted by atomic mass is 10.0. The molecule has 2 saturated heterocycles. The van der Waals surface area contributed by atoms with E-state index in [1.165, 1.54) is 12.4 Å². The Bertz CT molecular complexity index is 1110. The molecule has 3 aliphatic heterocycles. The Morgan fingerprint density at radius 1 is 1.19 bits per heavy atom. The average Bonchev–Trinajstić information content (AvgIpc) is 3.36. The molecule has 2 aromatic rings. The fourth-order valence-corrected chi connectivity index (χ4v) is 4.69. The van der Waals surface area contributed by atoms with Gasteiger partial charge in [0.25, 0.3) is 0 Å². The van der Waals surface area contributed by atoms with Crippen molar-refractivity contribution in [2.24, 2.45) is 0 Å². The molecule has 2 fully saturated rings. The zero-order valence-corrected chi connectivity index (χ0v) is 19.7. The van der Waals surface area contributed by atoms with Crippen LogP contribution in [0.3, 0.4) is 0 Å². The van der Waals surface area contributed by atoms with Crippen LogP contribution in [0.25, 0.3) is 11.3 Å². The van der Waals surface area contributed by atoms with E-state index < -0.39 is 23.8 Å². The van der Waals surface area contributed by atoms with Gasteiger partial charge in [0.2, 0.25) is 5.88 Å². The number of nitrogens with zero attached hydrogens (tertiary/aromatic N) is 4. The summed E-state index contributed by atoms with van der Waals surface area (Å²) in [5.74, 6) is -0.504. The first-order chi connectivity index (χ1) is 17.3. The number of alkyl halides is 3. The molecule has 0 saturated carbocycles. The number of carbonyl (C=O) groups is 1. The zero-order valence-electron chi connectivity index (χ0n) is 19.7. The molecule has 2 atom stereocenters. The first-order valence-electron chi connectivity index (χ1n) is 11.7. The van der Waals surface area contributed by atoms with E-state index in [0.717, 1.165) is 13.2 Å². The molecule has 2 unspecified atom stereocenters. The van der Waals surface area contributed by atoms with E-state index in [-0.39, 0.29) is 17.7 Å². The van der Waals surface area contributed by atoms with Crippen molar-refractivity contribution >= 4 is 11.7 Å². The Kier molecular flexibility index (Phi) is 6.86. The van der Waals surface area contributed by atoms with Gasteiger partial charge in [0.1, 0.15) is 11.8 Å². The third kappa shape index (κ3) is 4.90. The number of urea groups is 1. The van der Waals surface area contributed by atoms with Crippen molar-refractivity contribution in [2.45, 2.75) is 24.9 Å². The van der Waals surface area contributed by atoms with Crippen LogP contribution in [-0.4, -0.2) is 85.1 Å². The summed E-state index contributed by atoms with van der Waals surface area (Å²) in [6.07, 6.45) is -2.04. The second-order valence-electron chi connectivity index (χ2n) is 8.71. The Hall–Kier alpha value is -3.16. The van der Waals surface area contributed by atoms with Crippen molar-refractivity contribution < 1.29 is 32.2 Å². The molecule has 0 aromatic carbocycles. The molecule has 0 aliphatic carbocycles. The van der Waals surface area contributed by atoms with E-state index in [9.17, 15) is 18.0 Å². The van der Waals surface area contributed by atoms with Gasteiger partial charge >= 0.3 is 12.2 Å². The second-order valence-corrected chi connectivity index (χ2v) is 8.71. The van der Waals surface area contributed by atoms with Gasteiger partial charge in [-0.1, -0.05) is 0 Å². The molecule has 2 N–H and O–H groups in total. The monoisotopic (exact) mass is 508 g/mol. The van der Waals surface area contributed by atoms with E-state index in [1.807, 2.05) is 0 Å². The van der Waals surface area contributed by atoms with Crippen LogP contribution in [0.2, 0.25) is 0 Å². The highest BCUT2D eigenvalue weighted by Crippen LogP contribution is 2.40. The average molecular weight is 509 g/mol. The van der Waals surface area contributed by atoms with E-state index in [1.54, 1.807) is 15.9 Å². The normalized spacial score (nSPS) is 22.2. The van der Waals surface area contributed by atoms with Gasteiger partial charge in [0, 0.05) is 55.4 Å². The van der Waals surface area contributed by atoms with Crippen LogP contribution in [0.15, 0.2) is 24.5 Å². The maximum absolute atomic E-state index is 13.6. The van der Waals surface area contributed by atoms with E-state index in [2.05, 4.69) is 20.6 Å². The molecule has 13 heteroatoms. The lowest BCUT2D eigenvalue weighted by Crippen LogP contribution is -2.47. The number of pyridine rings is 2. The van der Waals surface area contributed by atoms with E-state index in [0.29, 0.717) is 69.4 Å². The quantitative estimate of drug-likeness (QED) is 0.651. The summed E-state index contributed by atoms with van der Waals surface area (Å²) in [6.45, 7) is 3.58. The summed E-state index contributed by atoms with van der Waals surface area (Å²) in [6, 6.07) is 2.70. The Labute approximate surface area is 205 Å². The minimum atomic E-state index is -4.64. The van der Waals surface area contributed by atoms with Gasteiger partial charge in [0.15, 0.2) is 0 Å². The first-order valence-corrected chi connectivity index (χ1v) is 11.7. The number of amides is 2. The standard InChI is InChI=1S/C23H27F3N6O4/c1-34-20-16(23(24,25)26)10-14(11-28-20)19-18-17(2-4-27-19)29-13-30-21(18)36-15-3-5-32(12-15)22(33)31-6-8-35-9-7-31/h2,4,10-11,15,21,29-30H,3,5-9,12-13H2,1H3. The number of carbonyl (C=O) groups excluding carboxylic acids is 1. The topological polar surface area (TPSA) is 101 Å². The van der Waals surface area contributed by atoms with E-state index >= 15 is 0 Å². The molecule has 5 rings (SSSR count). The number of likely N-dealkylation sites (tertiary alicyclic amines) is 1. The summed E-state index contributed by atoms with van der Waals surface area (Å²) < 4.78 is 57.4. The lowest BCUT2D eigenvalue weighted by Gasteiger charge is -2.32. The second kappa shape index (κ2) is 10.1. The fraction of sp³-hybridized carbons (Fsp3) is 0.522. The van der Waals surface area contributed by atoms with E-state index in [4.69, 9.17) is 14.2 Å². The van der Waals surface area contributed by atoms with Crippen LogP contribution < -0.4 is 15.4 Å². The van der Waals surface area contributed by atoms with Crippen LogP contribution in [0.5, 0.6) is 5.88 Å². The van der Waals surface area contributed by atoms with Gasteiger partial charge in [-0.3, -0.25) is 10.3 Å². The summed E-state index contributed by atoms with van der Waals surface area (Å²) in [4.78, 5) is 24.6. The van der Waals surface area contributed by atoms with Gasteiger partial charge in [0.05, 0.1) is 38.8 Å². The van der Waals surface area contributed by atoms with Crippen molar-refractivity contribution in [1.29, 1.82) is 0 Å². The number of halogens is 3. The van der Waals surface area contributed by atoms with Crippen molar-refractivity contribution in [3.05, 3.63) is 35.7 Å². The summed E-state index contributed by atoms with van der Waals surface area (Å²) in [5.41, 5.74) is 0.810. The maximum atomic E-state index is 13.6. The summed E-state index contributed by atoms with van der Waals surface area (Å²) in [5, 5.41) is 6.40. The van der Waals surface area contributed by atoms with Gasteiger partial charge in [-0.25, -0.2) is 9.78 Å². The van der Waals surface area contributed by atoms with Gasteiger partial charge in [-0.2, -0.15) is 13.2 Å². The largest absolute Gasteiger partial charge is 0.481 e. The summed E-state index contributed by atoms with van der Waals surface area (Å²) >= 11 is 0. The predicted molar refractivity (Wildman–Crippen MR) is 122 cm³/mol. The van der Waals surface area contributed by atoms with Crippen molar-refractivity contribution in [3.63, 3.8) is 0 Å². The third-order valence-electron chi connectivity index (χ3n) is 6.47. The molecule has 194 valence electrons. The number of aromatic nitrogens is 2.